The van der Waals surface area contributed by atoms with Gasteiger partial charge < -0.3 is 11.1 Å². The quantitative estimate of drug-likeness (QED) is 0.0732. The van der Waals surface area contributed by atoms with Crippen LogP contribution in [0.1, 0.15) is 62.3 Å². The van der Waals surface area contributed by atoms with Gasteiger partial charge >= 0.3 is 0 Å². The van der Waals surface area contributed by atoms with Crippen molar-refractivity contribution < 1.29 is 0 Å². The minimum absolute atomic E-state index is 0.209. The summed E-state index contributed by atoms with van der Waals surface area (Å²) in [4.78, 5) is 3.69. The van der Waals surface area contributed by atoms with Crippen LogP contribution in [0.4, 0.5) is 11.4 Å². The Morgan fingerprint density at radius 2 is 1.47 bits per heavy atom. The summed E-state index contributed by atoms with van der Waals surface area (Å²) in [5.74, 6) is 0.209. The molecule has 0 heterocycles. The molecule has 0 saturated carbocycles. The Labute approximate surface area is 338 Å². The first-order valence-electron chi connectivity index (χ1n) is 18.8. The fourth-order valence-corrected chi connectivity index (χ4v) is 8.49. The summed E-state index contributed by atoms with van der Waals surface area (Å²) >= 11 is 3.69. The van der Waals surface area contributed by atoms with Crippen molar-refractivity contribution in [1.82, 2.24) is 0 Å². The summed E-state index contributed by atoms with van der Waals surface area (Å²) in [6.45, 7) is 16.6. The van der Waals surface area contributed by atoms with Gasteiger partial charge in [-0.2, -0.15) is 0 Å². The van der Waals surface area contributed by atoms with E-state index < -0.39 is 0 Å². The first-order chi connectivity index (χ1) is 26.8. The van der Waals surface area contributed by atoms with E-state index in [0.717, 1.165) is 28.9 Å². The lowest BCUT2D eigenvalue weighted by atomic mass is 9.88. The maximum absolute atomic E-state index is 6.46. The van der Waals surface area contributed by atoms with Gasteiger partial charge in [0.1, 0.15) is 0 Å². The second-order valence-corrected chi connectivity index (χ2v) is 15.9. The number of anilines is 2. The zero-order chi connectivity index (χ0) is 39.0. The summed E-state index contributed by atoms with van der Waals surface area (Å²) in [5.41, 5.74) is 17.7. The van der Waals surface area contributed by atoms with E-state index in [4.69, 9.17) is 5.73 Å². The third-order valence-electron chi connectivity index (χ3n) is 9.09. The second-order valence-electron chi connectivity index (χ2n) is 13.4. The average Bonchev–Trinajstić information content (AvgIpc) is 3.20. The standard InChI is InChI=1S/C51H52N2S2/c1-7-10-29-49(37(4)5)55-51-36-41(47(52)21-8-2)32-34-46(51)43(9-3)45-28-19-20-30-50(45)54-38(6)22-17-18-23-39-31-33-44(40-24-13-11-14-25-40)48(35-39)53-42-26-15-12-16-27-42/h7-8,10-36,38,43,53H,1-2,9,52H2,3-6H3/b22-17-,23-18+,29-10-,47-21-. The molecule has 0 aliphatic heterocycles. The Hall–Kier alpha value is -5.42. The van der Waals surface area contributed by atoms with E-state index in [-0.39, 0.29) is 11.2 Å². The fraction of sp³-hybridized carbons (Fsp3) is 0.137. The highest BCUT2D eigenvalue weighted by molar-refractivity contribution is 8.03. The molecule has 0 spiro atoms. The van der Waals surface area contributed by atoms with Crippen LogP contribution in [-0.4, -0.2) is 5.25 Å². The number of hydrogen-bond donors (Lipinski definition) is 2. The number of hydrogen-bond acceptors (Lipinski definition) is 4. The van der Waals surface area contributed by atoms with Crippen LogP contribution in [0, 0.1) is 0 Å². The lowest BCUT2D eigenvalue weighted by molar-refractivity contribution is 0.747. The number of allylic oxidation sites excluding steroid dienone is 8. The van der Waals surface area contributed by atoms with Crippen LogP contribution in [-0.2, 0) is 0 Å². The van der Waals surface area contributed by atoms with Crippen LogP contribution < -0.4 is 11.1 Å². The van der Waals surface area contributed by atoms with Crippen LogP contribution in [0.25, 0.3) is 22.9 Å². The molecule has 0 saturated heterocycles. The topological polar surface area (TPSA) is 38.0 Å². The molecule has 0 amide bonds. The molecule has 5 aromatic rings. The van der Waals surface area contributed by atoms with Gasteiger partial charge in [-0.1, -0.05) is 171 Å². The number of rotatable bonds is 17. The Balaban J connectivity index is 1.38. The molecule has 2 unspecified atom stereocenters. The second kappa shape index (κ2) is 20.9. The zero-order valence-electron chi connectivity index (χ0n) is 32.4. The van der Waals surface area contributed by atoms with Gasteiger partial charge in [0, 0.05) is 48.5 Å². The summed E-state index contributed by atoms with van der Waals surface area (Å²) < 4.78 is 0. The molecule has 0 aliphatic rings. The number of nitrogens with one attached hydrogen (secondary N) is 1. The third-order valence-corrected chi connectivity index (χ3v) is 11.6. The summed E-state index contributed by atoms with van der Waals surface area (Å²) in [7, 11) is 0. The van der Waals surface area contributed by atoms with Gasteiger partial charge in [0.15, 0.2) is 0 Å². The summed E-state index contributed by atoms with van der Waals surface area (Å²) in [6.07, 6.45) is 19.3. The van der Waals surface area contributed by atoms with Gasteiger partial charge in [0.2, 0.25) is 0 Å². The fourth-order valence-electron chi connectivity index (χ4n) is 6.32. The SMILES string of the molecule is C=C/C=C\C(Sc1cc(/C(N)=C/C=C)ccc1C(CC)c1ccccc1SC(C)/C=C\C=C\c1ccc(-c2ccccc2)c(Nc2ccccc2)c1)=C(C)C. The minimum Gasteiger partial charge on any atom is -0.398 e. The van der Waals surface area contributed by atoms with Crippen molar-refractivity contribution in [1.29, 1.82) is 0 Å². The molecule has 2 atom stereocenters. The molecule has 278 valence electrons. The highest BCUT2D eigenvalue weighted by Crippen LogP contribution is 2.43. The molecule has 0 aliphatic carbocycles. The van der Waals surface area contributed by atoms with Crippen molar-refractivity contribution in [3.05, 3.63) is 216 Å². The van der Waals surface area contributed by atoms with Crippen molar-refractivity contribution in [2.24, 2.45) is 5.73 Å². The monoisotopic (exact) mass is 756 g/mol. The van der Waals surface area contributed by atoms with E-state index in [1.54, 1.807) is 17.8 Å². The minimum atomic E-state index is 0.209. The van der Waals surface area contributed by atoms with E-state index in [2.05, 4.69) is 192 Å². The molecule has 0 bridgehead atoms. The molecule has 4 heteroatoms. The molecule has 5 rings (SSSR count). The highest BCUT2D eigenvalue weighted by Gasteiger charge is 2.21. The molecule has 2 nitrogen and oxygen atoms in total. The van der Waals surface area contributed by atoms with Crippen molar-refractivity contribution in [2.75, 3.05) is 5.32 Å². The maximum Gasteiger partial charge on any atom is 0.0469 e. The Kier molecular flexibility index (Phi) is 15.5. The Morgan fingerprint density at radius 3 is 2.18 bits per heavy atom. The summed E-state index contributed by atoms with van der Waals surface area (Å²) in [5, 5.41) is 3.90. The van der Waals surface area contributed by atoms with Crippen molar-refractivity contribution in [3.63, 3.8) is 0 Å². The number of para-hydroxylation sites is 1. The Bertz CT molecular complexity index is 2200. The number of thioether (sulfide) groups is 2. The van der Waals surface area contributed by atoms with Gasteiger partial charge in [-0.15, -0.1) is 11.8 Å². The highest BCUT2D eigenvalue weighted by atomic mass is 32.2. The van der Waals surface area contributed by atoms with Gasteiger partial charge in [0.05, 0.1) is 0 Å². The van der Waals surface area contributed by atoms with E-state index >= 15 is 0 Å². The molecule has 0 aromatic heterocycles. The summed E-state index contributed by atoms with van der Waals surface area (Å²) in [6, 6.07) is 43.0. The van der Waals surface area contributed by atoms with Crippen LogP contribution in [0.15, 0.2) is 203 Å². The normalized spacial score (nSPS) is 12.9. The lowest BCUT2D eigenvalue weighted by Gasteiger charge is -2.24. The predicted molar refractivity (Wildman–Crippen MR) is 246 cm³/mol. The van der Waals surface area contributed by atoms with Crippen molar-refractivity contribution >= 4 is 46.7 Å². The van der Waals surface area contributed by atoms with Crippen molar-refractivity contribution in [2.45, 2.75) is 55.1 Å². The molecular formula is C51H52N2S2. The van der Waals surface area contributed by atoms with Gasteiger partial charge in [-0.25, -0.2) is 0 Å². The van der Waals surface area contributed by atoms with Crippen LogP contribution in [0.3, 0.4) is 0 Å². The number of nitrogens with two attached hydrogens (primary N) is 1. The third kappa shape index (κ3) is 11.5. The largest absolute Gasteiger partial charge is 0.398 e. The first kappa shape index (κ1) is 40.8. The van der Waals surface area contributed by atoms with E-state index in [1.165, 1.54) is 42.5 Å². The molecule has 3 N–H and O–H groups in total. The van der Waals surface area contributed by atoms with Crippen LogP contribution in [0.5, 0.6) is 0 Å². The van der Waals surface area contributed by atoms with Crippen molar-refractivity contribution in [3.8, 4) is 11.1 Å². The van der Waals surface area contributed by atoms with E-state index in [1.807, 2.05) is 36.1 Å². The van der Waals surface area contributed by atoms with E-state index in [9.17, 15) is 0 Å². The van der Waals surface area contributed by atoms with Gasteiger partial charge in [-0.05, 0) is 97.5 Å². The van der Waals surface area contributed by atoms with Gasteiger partial charge in [-0.3, -0.25) is 0 Å². The average molecular weight is 757 g/mol. The maximum atomic E-state index is 6.46. The van der Waals surface area contributed by atoms with E-state index in [0.29, 0.717) is 5.70 Å². The van der Waals surface area contributed by atoms with Crippen LogP contribution >= 0.6 is 23.5 Å². The molecule has 55 heavy (non-hydrogen) atoms. The molecular weight excluding hydrogens is 705 g/mol. The first-order valence-corrected chi connectivity index (χ1v) is 20.5. The molecule has 0 radical (unpaired) electrons. The smallest absolute Gasteiger partial charge is 0.0469 e. The molecule has 0 fully saturated rings. The molecule has 5 aromatic carbocycles. The lowest BCUT2D eigenvalue weighted by Crippen LogP contribution is -2.06. The zero-order valence-corrected chi connectivity index (χ0v) is 34.0. The van der Waals surface area contributed by atoms with Crippen LogP contribution in [0.2, 0.25) is 0 Å². The Morgan fingerprint density at radius 1 is 0.764 bits per heavy atom. The van der Waals surface area contributed by atoms with Gasteiger partial charge in [0.25, 0.3) is 0 Å². The number of benzene rings is 5. The predicted octanol–water partition coefficient (Wildman–Crippen LogP) is 15.0.